The molecule has 2 aromatic heterocycles. The highest BCUT2D eigenvalue weighted by Gasteiger charge is 2.21. The summed E-state index contributed by atoms with van der Waals surface area (Å²) in [6, 6.07) is 10.0. The predicted molar refractivity (Wildman–Crippen MR) is 113 cm³/mol. The molecule has 3 aromatic rings. The second-order valence-corrected chi connectivity index (χ2v) is 7.42. The summed E-state index contributed by atoms with van der Waals surface area (Å²) < 4.78 is 15.2. The second-order valence-electron chi connectivity index (χ2n) is 7.42. The fourth-order valence-electron chi connectivity index (χ4n) is 3.38. The van der Waals surface area contributed by atoms with Crippen LogP contribution in [0.5, 0.6) is 0 Å². The molecule has 0 saturated carbocycles. The summed E-state index contributed by atoms with van der Waals surface area (Å²) in [5.41, 5.74) is 3.75. The minimum absolute atomic E-state index is 0.0837. The van der Waals surface area contributed by atoms with Crippen LogP contribution < -0.4 is 0 Å². The minimum atomic E-state index is -0.297. The summed E-state index contributed by atoms with van der Waals surface area (Å²) in [6.45, 7) is 7.71. The van der Waals surface area contributed by atoms with Gasteiger partial charge in [-0.15, -0.1) is 0 Å². The Morgan fingerprint density at radius 1 is 1.03 bits per heavy atom. The molecule has 29 heavy (non-hydrogen) atoms. The van der Waals surface area contributed by atoms with Crippen LogP contribution >= 0.6 is 0 Å². The van der Waals surface area contributed by atoms with Crippen LogP contribution in [0, 0.1) is 12.7 Å². The molecule has 0 N–H and O–H groups in total. The van der Waals surface area contributed by atoms with E-state index in [4.69, 9.17) is 4.98 Å². The number of fused-ring (bicyclic) bond motifs is 1. The van der Waals surface area contributed by atoms with E-state index in [1.54, 1.807) is 16.6 Å². The number of aromatic nitrogens is 3. The van der Waals surface area contributed by atoms with E-state index in [0.717, 1.165) is 55.7 Å². The van der Waals surface area contributed by atoms with Crippen LogP contribution in [0.2, 0.25) is 0 Å². The van der Waals surface area contributed by atoms with Gasteiger partial charge in [-0.05, 0) is 56.2 Å². The number of hydrogen-bond acceptors (Lipinski definition) is 3. The number of hydrogen-bond donors (Lipinski definition) is 0. The van der Waals surface area contributed by atoms with E-state index in [-0.39, 0.29) is 18.1 Å². The smallest absolute Gasteiger partial charge is 0.228 e. The number of amides is 1. The highest BCUT2D eigenvalue weighted by Crippen LogP contribution is 2.25. The summed E-state index contributed by atoms with van der Waals surface area (Å²) in [7, 11) is 0. The maximum atomic E-state index is 13.4. The first-order chi connectivity index (χ1) is 14.0. The summed E-state index contributed by atoms with van der Waals surface area (Å²) >= 11 is 0. The summed E-state index contributed by atoms with van der Waals surface area (Å²) in [6.07, 6.45) is 4.30. The van der Waals surface area contributed by atoms with E-state index < -0.39 is 0 Å². The Kier molecular flexibility index (Phi) is 6.96. The highest BCUT2D eigenvalue weighted by atomic mass is 19.1. The molecule has 0 spiro atoms. The quantitative estimate of drug-likeness (QED) is 0.521. The Labute approximate surface area is 171 Å². The zero-order valence-corrected chi connectivity index (χ0v) is 17.5. The number of nitrogens with zero attached hydrogens (tertiary/aromatic N) is 4. The number of carbonyl (C=O) groups excluding carboxylic acids is 1. The fraction of sp³-hybridized carbons (Fsp3) is 0.435. The molecule has 0 atom stereocenters. The van der Waals surface area contributed by atoms with Crippen LogP contribution in [0.3, 0.4) is 0 Å². The van der Waals surface area contributed by atoms with E-state index in [9.17, 15) is 9.18 Å². The number of benzene rings is 1. The molecule has 0 aliphatic heterocycles. The summed E-state index contributed by atoms with van der Waals surface area (Å²) in [4.78, 5) is 19.8. The number of imidazole rings is 1. The molecular formula is C23H29FN4O. The van der Waals surface area contributed by atoms with Crippen LogP contribution in [0.15, 0.2) is 36.4 Å². The Morgan fingerprint density at radius 2 is 1.69 bits per heavy atom. The predicted octanol–water partition coefficient (Wildman–Crippen LogP) is 4.82. The second kappa shape index (κ2) is 9.63. The van der Waals surface area contributed by atoms with Gasteiger partial charge in [0.25, 0.3) is 0 Å². The molecule has 0 unspecified atom stereocenters. The maximum absolute atomic E-state index is 13.4. The summed E-state index contributed by atoms with van der Waals surface area (Å²) in [5, 5.41) is 4.59. The van der Waals surface area contributed by atoms with Gasteiger partial charge in [0.15, 0.2) is 5.65 Å². The monoisotopic (exact) mass is 396 g/mol. The first kappa shape index (κ1) is 21.0. The van der Waals surface area contributed by atoms with Gasteiger partial charge in [-0.3, -0.25) is 4.79 Å². The van der Waals surface area contributed by atoms with E-state index in [0.29, 0.717) is 11.3 Å². The van der Waals surface area contributed by atoms with Gasteiger partial charge < -0.3 is 4.90 Å². The Morgan fingerprint density at radius 3 is 2.31 bits per heavy atom. The molecule has 0 aliphatic carbocycles. The number of rotatable bonds is 9. The van der Waals surface area contributed by atoms with E-state index in [2.05, 4.69) is 18.9 Å². The third-order valence-corrected chi connectivity index (χ3v) is 5.06. The standard InChI is InChI=1S/C23H29FN4O/c1-4-6-14-27(15-7-5-2)22(29)16-20-23(18-9-11-19(24)12-10-18)25-21-13-8-17(3)26-28(20)21/h8-13H,4-7,14-16H2,1-3H3. The van der Waals surface area contributed by atoms with E-state index in [1.807, 2.05) is 24.0 Å². The van der Waals surface area contributed by atoms with Crippen molar-refractivity contribution in [2.75, 3.05) is 13.1 Å². The van der Waals surface area contributed by atoms with E-state index in [1.165, 1.54) is 12.1 Å². The van der Waals surface area contributed by atoms with E-state index >= 15 is 0 Å². The van der Waals surface area contributed by atoms with Crippen LogP contribution in [0.25, 0.3) is 16.9 Å². The maximum Gasteiger partial charge on any atom is 0.228 e. The number of unbranched alkanes of at least 4 members (excludes halogenated alkanes) is 2. The molecule has 154 valence electrons. The molecule has 5 nitrogen and oxygen atoms in total. The molecule has 6 heteroatoms. The average molecular weight is 397 g/mol. The Balaban J connectivity index is 1.99. The molecular weight excluding hydrogens is 367 g/mol. The zero-order chi connectivity index (χ0) is 20.8. The number of halogens is 1. The van der Waals surface area contributed by atoms with Crippen molar-refractivity contribution in [3.63, 3.8) is 0 Å². The summed E-state index contributed by atoms with van der Waals surface area (Å²) in [5.74, 6) is -0.213. The van der Waals surface area contributed by atoms with Crippen molar-refractivity contribution in [1.29, 1.82) is 0 Å². The van der Waals surface area contributed by atoms with Gasteiger partial charge >= 0.3 is 0 Å². The molecule has 0 bridgehead atoms. The first-order valence-electron chi connectivity index (χ1n) is 10.4. The van der Waals surface area contributed by atoms with Crippen molar-refractivity contribution in [2.45, 2.75) is 52.9 Å². The van der Waals surface area contributed by atoms with Crippen LogP contribution in [0.1, 0.15) is 50.9 Å². The van der Waals surface area contributed by atoms with Crippen molar-refractivity contribution < 1.29 is 9.18 Å². The third-order valence-electron chi connectivity index (χ3n) is 5.06. The topological polar surface area (TPSA) is 50.5 Å². The van der Waals surface area contributed by atoms with Crippen LogP contribution in [0.4, 0.5) is 4.39 Å². The molecule has 0 radical (unpaired) electrons. The van der Waals surface area contributed by atoms with Crippen LogP contribution in [-0.2, 0) is 11.2 Å². The zero-order valence-electron chi connectivity index (χ0n) is 17.5. The number of aryl methyl sites for hydroxylation is 1. The molecule has 2 heterocycles. The highest BCUT2D eigenvalue weighted by molar-refractivity contribution is 5.81. The fourth-order valence-corrected chi connectivity index (χ4v) is 3.38. The molecule has 1 aromatic carbocycles. The largest absolute Gasteiger partial charge is 0.342 e. The minimum Gasteiger partial charge on any atom is -0.342 e. The van der Waals surface area contributed by atoms with Crippen LogP contribution in [-0.4, -0.2) is 38.5 Å². The van der Waals surface area contributed by atoms with Gasteiger partial charge in [0.2, 0.25) is 5.91 Å². The molecule has 0 aliphatic rings. The van der Waals surface area contributed by atoms with Crippen molar-refractivity contribution >= 4 is 11.6 Å². The Hall–Kier alpha value is -2.76. The van der Waals surface area contributed by atoms with Gasteiger partial charge in [0.1, 0.15) is 5.82 Å². The SMILES string of the molecule is CCCCN(CCCC)C(=O)Cc1c(-c2ccc(F)cc2)nc2ccc(C)nn12. The van der Waals surface area contributed by atoms with Crippen molar-refractivity contribution in [1.82, 2.24) is 19.5 Å². The number of carbonyl (C=O) groups is 1. The van der Waals surface area contributed by atoms with Gasteiger partial charge in [-0.1, -0.05) is 26.7 Å². The molecule has 0 saturated heterocycles. The molecule has 3 rings (SSSR count). The van der Waals surface area contributed by atoms with Crippen molar-refractivity contribution in [3.05, 3.63) is 53.6 Å². The lowest BCUT2D eigenvalue weighted by atomic mass is 10.1. The first-order valence-corrected chi connectivity index (χ1v) is 10.4. The lowest BCUT2D eigenvalue weighted by Crippen LogP contribution is -2.34. The van der Waals surface area contributed by atoms with Gasteiger partial charge in [-0.25, -0.2) is 13.9 Å². The lowest BCUT2D eigenvalue weighted by Gasteiger charge is -2.22. The average Bonchev–Trinajstić information content (AvgIpc) is 3.06. The van der Waals surface area contributed by atoms with Crippen molar-refractivity contribution in [2.24, 2.45) is 0 Å². The molecule has 1 amide bonds. The normalized spacial score (nSPS) is 11.2. The Bertz CT molecular complexity index is 957. The van der Waals surface area contributed by atoms with Gasteiger partial charge in [0, 0.05) is 18.7 Å². The van der Waals surface area contributed by atoms with Gasteiger partial charge in [0.05, 0.1) is 23.5 Å². The lowest BCUT2D eigenvalue weighted by molar-refractivity contribution is -0.130. The molecule has 0 fully saturated rings. The van der Waals surface area contributed by atoms with Gasteiger partial charge in [-0.2, -0.15) is 5.10 Å². The third kappa shape index (κ3) is 5.00. The van der Waals surface area contributed by atoms with Crippen molar-refractivity contribution in [3.8, 4) is 11.3 Å².